The highest BCUT2D eigenvalue weighted by molar-refractivity contribution is 6.21. The quantitative estimate of drug-likeness (QED) is 0.461. The summed E-state index contributed by atoms with van der Waals surface area (Å²) in [7, 11) is 0. The molecule has 0 saturated carbocycles. The zero-order chi connectivity index (χ0) is 11.0. The van der Waals surface area contributed by atoms with Crippen molar-refractivity contribution in [1.82, 2.24) is 0 Å². The van der Waals surface area contributed by atoms with Crippen molar-refractivity contribution in [2.45, 2.75) is 38.0 Å². The Bertz CT molecular complexity index is 388. The van der Waals surface area contributed by atoms with E-state index in [1.807, 2.05) is 0 Å². The van der Waals surface area contributed by atoms with E-state index in [2.05, 4.69) is 0 Å². The van der Waals surface area contributed by atoms with Crippen LogP contribution in [0.25, 0.3) is 0 Å². The summed E-state index contributed by atoms with van der Waals surface area (Å²) in [4.78, 5) is 0. The van der Waals surface area contributed by atoms with Crippen LogP contribution in [-0.2, 0) is 6.42 Å². The predicted octanol–water partition coefficient (Wildman–Crippen LogP) is 4.28. The molecule has 15 heavy (non-hydrogen) atoms. The number of hydrogen-bond acceptors (Lipinski definition) is 0. The van der Waals surface area contributed by atoms with Crippen molar-refractivity contribution in [1.29, 1.82) is 0 Å². The van der Waals surface area contributed by atoms with E-state index in [0.717, 1.165) is 19.3 Å². The molecule has 0 saturated heterocycles. The molecule has 0 aromatic heterocycles. The molecule has 1 aromatic rings. The Hall–Kier alpha value is -0.630. The number of fused-ring (bicyclic) bond motifs is 1. The Balaban J connectivity index is 2.63. The van der Waals surface area contributed by atoms with Crippen molar-refractivity contribution < 1.29 is 8.78 Å². The van der Waals surface area contributed by atoms with Crippen molar-refractivity contribution in [3.05, 3.63) is 34.4 Å². The first kappa shape index (κ1) is 10.9. The highest BCUT2D eigenvalue weighted by Gasteiger charge is 2.24. The molecule has 1 unspecified atom stereocenters. The normalized spacial score (nSPS) is 20.9. The average molecular weight is 231 g/mol. The van der Waals surface area contributed by atoms with Gasteiger partial charge in [-0.25, -0.2) is 8.78 Å². The lowest BCUT2D eigenvalue weighted by molar-refractivity contribution is 0.564. The van der Waals surface area contributed by atoms with Gasteiger partial charge in [-0.1, -0.05) is 6.42 Å². The first-order chi connectivity index (χ1) is 7.11. The molecule has 1 atom stereocenters. The van der Waals surface area contributed by atoms with Gasteiger partial charge in [-0.15, -0.1) is 11.6 Å². The highest BCUT2D eigenvalue weighted by atomic mass is 35.5. The van der Waals surface area contributed by atoms with Crippen LogP contribution in [0.2, 0.25) is 0 Å². The van der Waals surface area contributed by atoms with Crippen LogP contribution in [0.15, 0.2) is 6.07 Å². The van der Waals surface area contributed by atoms with Crippen molar-refractivity contribution >= 4 is 11.6 Å². The number of aryl methyl sites for hydroxylation is 1. The summed E-state index contributed by atoms with van der Waals surface area (Å²) in [5.74, 6) is -0.634. The first-order valence-corrected chi connectivity index (χ1v) is 5.66. The number of alkyl halides is 1. The summed E-state index contributed by atoms with van der Waals surface area (Å²) in [6, 6.07) is 1.27. The third-order valence-corrected chi connectivity index (χ3v) is 3.42. The van der Waals surface area contributed by atoms with Gasteiger partial charge in [0.25, 0.3) is 0 Å². The van der Waals surface area contributed by atoms with E-state index in [1.54, 1.807) is 6.92 Å². The van der Waals surface area contributed by atoms with E-state index < -0.39 is 0 Å². The predicted molar refractivity (Wildman–Crippen MR) is 57.2 cm³/mol. The Kier molecular flexibility index (Phi) is 2.96. The van der Waals surface area contributed by atoms with Crippen molar-refractivity contribution in [3.8, 4) is 0 Å². The van der Waals surface area contributed by atoms with Gasteiger partial charge in [-0.2, -0.15) is 0 Å². The van der Waals surface area contributed by atoms with Crippen molar-refractivity contribution in [3.63, 3.8) is 0 Å². The molecule has 0 radical (unpaired) electrons. The molecule has 1 aromatic carbocycles. The van der Waals surface area contributed by atoms with Crippen LogP contribution in [0.1, 0.15) is 41.3 Å². The standard InChI is InChI=1S/C12H13ClF2/c1-7-6-10(14)8-4-2-3-5-9(13)11(8)12(7)15/h6,9H,2-5H2,1H3. The number of hydrogen-bond donors (Lipinski definition) is 0. The SMILES string of the molecule is Cc1cc(F)c2c(c1F)C(Cl)CCCC2. The van der Waals surface area contributed by atoms with Crippen LogP contribution in [0, 0.1) is 18.6 Å². The molecule has 0 nitrogen and oxygen atoms in total. The molecule has 0 amide bonds. The van der Waals surface area contributed by atoms with E-state index in [9.17, 15) is 8.78 Å². The van der Waals surface area contributed by atoms with E-state index >= 15 is 0 Å². The van der Waals surface area contributed by atoms with Crippen molar-refractivity contribution in [2.24, 2.45) is 0 Å². The number of rotatable bonds is 0. The zero-order valence-corrected chi connectivity index (χ0v) is 9.37. The molecule has 1 aliphatic rings. The third-order valence-electron chi connectivity index (χ3n) is 2.99. The lowest BCUT2D eigenvalue weighted by Crippen LogP contribution is -2.04. The Labute approximate surface area is 93.2 Å². The minimum absolute atomic E-state index is 0.309. The fourth-order valence-corrected chi connectivity index (χ4v) is 2.55. The summed E-state index contributed by atoms with van der Waals surface area (Å²) in [5, 5.41) is -0.378. The van der Waals surface area contributed by atoms with Gasteiger partial charge in [-0.3, -0.25) is 0 Å². The second kappa shape index (κ2) is 4.09. The molecule has 0 N–H and O–H groups in total. The van der Waals surface area contributed by atoms with Gasteiger partial charge >= 0.3 is 0 Å². The maximum absolute atomic E-state index is 13.8. The molecule has 0 fully saturated rings. The smallest absolute Gasteiger partial charge is 0.131 e. The van der Waals surface area contributed by atoms with E-state index in [-0.39, 0.29) is 17.0 Å². The fraction of sp³-hybridized carbons (Fsp3) is 0.500. The maximum Gasteiger partial charge on any atom is 0.131 e. The monoisotopic (exact) mass is 230 g/mol. The number of halogens is 3. The van der Waals surface area contributed by atoms with Crippen LogP contribution in [0.5, 0.6) is 0 Å². The molecule has 3 heteroatoms. The fourth-order valence-electron chi connectivity index (χ4n) is 2.16. The summed E-state index contributed by atoms with van der Waals surface area (Å²) in [6.07, 6.45) is 3.15. The summed E-state index contributed by atoms with van der Waals surface area (Å²) >= 11 is 6.09. The Morgan fingerprint density at radius 2 is 2.07 bits per heavy atom. The lowest BCUT2D eigenvalue weighted by atomic mass is 9.98. The first-order valence-electron chi connectivity index (χ1n) is 5.22. The van der Waals surface area contributed by atoms with Gasteiger partial charge in [0.1, 0.15) is 11.6 Å². The van der Waals surface area contributed by atoms with Gasteiger partial charge in [0, 0.05) is 5.56 Å². The van der Waals surface area contributed by atoms with Crippen LogP contribution in [0.4, 0.5) is 8.78 Å². The van der Waals surface area contributed by atoms with Gasteiger partial charge in [0.2, 0.25) is 0 Å². The molecule has 0 heterocycles. The van der Waals surface area contributed by atoms with E-state index in [1.165, 1.54) is 6.07 Å². The second-order valence-electron chi connectivity index (χ2n) is 4.09. The van der Waals surface area contributed by atoms with Crippen LogP contribution >= 0.6 is 11.6 Å². The molecule has 1 aliphatic carbocycles. The van der Waals surface area contributed by atoms with Crippen molar-refractivity contribution in [2.75, 3.05) is 0 Å². The lowest BCUT2D eigenvalue weighted by Gasteiger charge is -2.14. The summed E-state index contributed by atoms with van der Waals surface area (Å²) in [5.41, 5.74) is 1.22. The minimum Gasteiger partial charge on any atom is -0.207 e. The Morgan fingerprint density at radius 1 is 1.33 bits per heavy atom. The van der Waals surface area contributed by atoms with E-state index in [0.29, 0.717) is 23.1 Å². The topological polar surface area (TPSA) is 0 Å². The average Bonchev–Trinajstić information content (AvgIpc) is 2.37. The number of benzene rings is 1. The van der Waals surface area contributed by atoms with Crippen LogP contribution in [-0.4, -0.2) is 0 Å². The van der Waals surface area contributed by atoms with Gasteiger partial charge in [0.05, 0.1) is 5.38 Å². The molecular weight excluding hydrogens is 218 g/mol. The highest BCUT2D eigenvalue weighted by Crippen LogP contribution is 2.37. The van der Waals surface area contributed by atoms with Crippen LogP contribution in [0.3, 0.4) is 0 Å². The van der Waals surface area contributed by atoms with Gasteiger partial charge in [0.15, 0.2) is 0 Å². The maximum atomic E-state index is 13.8. The van der Waals surface area contributed by atoms with E-state index in [4.69, 9.17) is 11.6 Å². The molecule has 0 bridgehead atoms. The van der Waals surface area contributed by atoms with Crippen LogP contribution < -0.4 is 0 Å². The summed E-state index contributed by atoms with van der Waals surface area (Å²) < 4.78 is 27.5. The minimum atomic E-state index is -0.378. The molecule has 2 rings (SSSR count). The Morgan fingerprint density at radius 3 is 2.80 bits per heavy atom. The van der Waals surface area contributed by atoms with Gasteiger partial charge < -0.3 is 0 Å². The van der Waals surface area contributed by atoms with Gasteiger partial charge in [-0.05, 0) is 43.4 Å². The molecule has 0 spiro atoms. The summed E-state index contributed by atoms with van der Waals surface area (Å²) in [6.45, 7) is 1.58. The largest absolute Gasteiger partial charge is 0.207 e. The second-order valence-corrected chi connectivity index (χ2v) is 4.62. The molecular formula is C12H13ClF2. The third kappa shape index (κ3) is 1.87. The molecule has 0 aliphatic heterocycles. The molecule has 82 valence electrons. The zero-order valence-electron chi connectivity index (χ0n) is 8.62.